The molecule has 0 amide bonds. The van der Waals surface area contributed by atoms with Crippen molar-refractivity contribution in [3.8, 4) is 0 Å². The summed E-state index contributed by atoms with van der Waals surface area (Å²) < 4.78 is 29.5. The Hall–Kier alpha value is -0.940. The molecule has 1 aromatic heterocycles. The Kier molecular flexibility index (Phi) is 1.92. The van der Waals surface area contributed by atoms with Gasteiger partial charge in [0.1, 0.15) is 0 Å². The number of aryl methyl sites for hydroxylation is 1. The fourth-order valence-corrected chi connectivity index (χ4v) is 1.17. The molecule has 4 nitrogen and oxygen atoms in total. The lowest BCUT2D eigenvalue weighted by Gasteiger charge is -1.95. The first-order chi connectivity index (χ1) is 5.00. The highest BCUT2D eigenvalue weighted by Crippen LogP contribution is 2.04. The fraction of sp³-hybridized carbons (Fsp3) is 0.167. The van der Waals surface area contributed by atoms with Crippen molar-refractivity contribution < 1.29 is 13.0 Å². The molecule has 1 heterocycles. The minimum absolute atomic E-state index is 0.308. The van der Waals surface area contributed by atoms with E-state index in [1.165, 1.54) is 12.1 Å². The number of hydrogen-bond donors (Lipinski definition) is 1. The van der Waals surface area contributed by atoms with Crippen LogP contribution in [0.4, 0.5) is 0 Å². The smallest absolute Gasteiger partial charge is 0.281 e. The van der Waals surface area contributed by atoms with E-state index in [4.69, 9.17) is 4.55 Å². The Morgan fingerprint density at radius 2 is 2.09 bits per heavy atom. The van der Waals surface area contributed by atoms with Crippen LogP contribution in [0.25, 0.3) is 0 Å². The Morgan fingerprint density at radius 1 is 1.45 bits per heavy atom. The Labute approximate surface area is 64.6 Å². The van der Waals surface area contributed by atoms with E-state index in [1.807, 2.05) is 0 Å². The zero-order chi connectivity index (χ0) is 8.48. The van der Waals surface area contributed by atoms with Crippen LogP contribution in [0.1, 0.15) is 5.69 Å². The van der Waals surface area contributed by atoms with Gasteiger partial charge in [-0.3, -0.25) is 4.55 Å². The van der Waals surface area contributed by atoms with Gasteiger partial charge in [0.15, 0.2) is 5.03 Å². The fourth-order valence-electron chi connectivity index (χ4n) is 0.662. The summed E-state index contributed by atoms with van der Waals surface area (Å²) in [6, 6.07) is 4.41. The summed E-state index contributed by atoms with van der Waals surface area (Å²) in [5.74, 6) is 0. The van der Waals surface area contributed by atoms with Gasteiger partial charge in [0, 0.05) is 5.69 Å². The first-order valence-electron chi connectivity index (χ1n) is 2.91. The lowest BCUT2D eigenvalue weighted by Crippen LogP contribution is -2.01. The third kappa shape index (κ3) is 1.99. The molecule has 11 heavy (non-hydrogen) atoms. The number of aromatic nitrogens is 1. The van der Waals surface area contributed by atoms with Gasteiger partial charge in [0.25, 0.3) is 0 Å². The molecule has 0 saturated carbocycles. The lowest BCUT2D eigenvalue weighted by atomic mass is 10.4. The maximum Gasteiger partial charge on any atom is 0.312 e. The van der Waals surface area contributed by atoms with Crippen LogP contribution >= 0.6 is 0 Å². The number of nitrogens with zero attached hydrogens (tertiary/aromatic N) is 1. The van der Waals surface area contributed by atoms with Gasteiger partial charge in [-0.1, -0.05) is 6.07 Å². The maximum atomic E-state index is 10.5. The van der Waals surface area contributed by atoms with Crippen LogP contribution in [0.2, 0.25) is 0 Å². The van der Waals surface area contributed by atoms with Gasteiger partial charge >= 0.3 is 10.1 Å². The first kappa shape index (κ1) is 8.16. The molecule has 0 saturated heterocycles. The average Bonchev–Trinajstić information content (AvgIpc) is 1.86. The van der Waals surface area contributed by atoms with Crippen LogP contribution in [0.3, 0.4) is 0 Å². The number of hydrogen-bond acceptors (Lipinski definition) is 3. The molecule has 0 unspecified atom stereocenters. The van der Waals surface area contributed by atoms with Crippen LogP contribution in [-0.4, -0.2) is 18.0 Å². The molecular formula is C6H7NO3S. The SMILES string of the molecule is Cc1cccc(S(=O)(=O)O)n1. The van der Waals surface area contributed by atoms with Crippen molar-refractivity contribution in [1.29, 1.82) is 0 Å². The van der Waals surface area contributed by atoms with E-state index >= 15 is 0 Å². The molecule has 0 aliphatic carbocycles. The quantitative estimate of drug-likeness (QED) is 0.633. The normalized spacial score (nSPS) is 11.5. The van der Waals surface area contributed by atoms with Gasteiger partial charge < -0.3 is 0 Å². The molecule has 1 N–H and O–H groups in total. The second kappa shape index (κ2) is 2.60. The molecule has 0 fully saturated rings. The Balaban J connectivity index is 3.28. The molecule has 0 aliphatic heterocycles. The van der Waals surface area contributed by atoms with Crippen molar-refractivity contribution in [2.45, 2.75) is 11.9 Å². The molecule has 1 aromatic rings. The predicted molar refractivity (Wildman–Crippen MR) is 38.8 cm³/mol. The summed E-state index contributed by atoms with van der Waals surface area (Å²) in [4.78, 5) is 3.61. The maximum absolute atomic E-state index is 10.5. The summed E-state index contributed by atoms with van der Waals surface area (Å²) in [6.07, 6.45) is 0. The van der Waals surface area contributed by atoms with Crippen molar-refractivity contribution in [3.63, 3.8) is 0 Å². The molecule has 0 aromatic carbocycles. The molecule has 0 radical (unpaired) electrons. The number of pyridine rings is 1. The topological polar surface area (TPSA) is 67.3 Å². The van der Waals surface area contributed by atoms with E-state index in [2.05, 4.69) is 4.98 Å². The molecule has 1 rings (SSSR count). The number of rotatable bonds is 1. The molecule has 0 bridgehead atoms. The third-order valence-corrected chi connectivity index (χ3v) is 1.88. The summed E-state index contributed by atoms with van der Waals surface area (Å²) in [7, 11) is -4.14. The van der Waals surface area contributed by atoms with Crippen molar-refractivity contribution in [2.24, 2.45) is 0 Å². The molecule has 0 spiro atoms. The predicted octanol–water partition coefficient (Wildman–Crippen LogP) is 0.637. The van der Waals surface area contributed by atoms with E-state index in [9.17, 15) is 8.42 Å². The monoisotopic (exact) mass is 173 g/mol. The summed E-state index contributed by atoms with van der Waals surface area (Å²) in [5.41, 5.74) is 0.556. The highest BCUT2D eigenvalue weighted by atomic mass is 32.2. The summed E-state index contributed by atoms with van der Waals surface area (Å²) in [6.45, 7) is 1.65. The van der Waals surface area contributed by atoms with Crippen LogP contribution in [0, 0.1) is 6.92 Å². The van der Waals surface area contributed by atoms with Gasteiger partial charge in [0.2, 0.25) is 0 Å². The second-order valence-electron chi connectivity index (χ2n) is 2.09. The van der Waals surface area contributed by atoms with Crippen molar-refractivity contribution in [2.75, 3.05) is 0 Å². The van der Waals surface area contributed by atoms with Crippen molar-refractivity contribution in [3.05, 3.63) is 23.9 Å². The molecule has 0 atom stereocenters. The minimum atomic E-state index is -4.14. The second-order valence-corrected chi connectivity index (χ2v) is 3.46. The van der Waals surface area contributed by atoms with E-state index in [1.54, 1.807) is 13.0 Å². The van der Waals surface area contributed by atoms with Gasteiger partial charge in [-0.2, -0.15) is 8.42 Å². The van der Waals surface area contributed by atoms with Gasteiger partial charge in [-0.15, -0.1) is 0 Å². The van der Waals surface area contributed by atoms with Gasteiger partial charge in [-0.25, -0.2) is 4.98 Å². The summed E-state index contributed by atoms with van der Waals surface area (Å²) in [5, 5.41) is -0.308. The van der Waals surface area contributed by atoms with Crippen LogP contribution in [0.15, 0.2) is 23.2 Å². The standard InChI is InChI=1S/C6H7NO3S/c1-5-3-2-4-6(7-5)11(8,9)10/h2-4H,1H3,(H,8,9,10). The van der Waals surface area contributed by atoms with Gasteiger partial charge in [-0.05, 0) is 19.1 Å². The largest absolute Gasteiger partial charge is 0.312 e. The van der Waals surface area contributed by atoms with Crippen molar-refractivity contribution in [1.82, 2.24) is 4.98 Å². The minimum Gasteiger partial charge on any atom is -0.281 e. The van der Waals surface area contributed by atoms with E-state index in [0.29, 0.717) is 5.69 Å². The first-order valence-corrected chi connectivity index (χ1v) is 4.35. The van der Waals surface area contributed by atoms with Gasteiger partial charge in [0.05, 0.1) is 0 Å². The molecule has 60 valence electrons. The van der Waals surface area contributed by atoms with E-state index in [0.717, 1.165) is 0 Å². The summed E-state index contributed by atoms with van der Waals surface area (Å²) >= 11 is 0. The third-order valence-electron chi connectivity index (χ3n) is 1.13. The molecule has 5 heteroatoms. The van der Waals surface area contributed by atoms with Crippen LogP contribution < -0.4 is 0 Å². The Bertz CT molecular complexity index is 358. The zero-order valence-electron chi connectivity index (χ0n) is 5.85. The highest BCUT2D eigenvalue weighted by molar-refractivity contribution is 7.85. The Morgan fingerprint density at radius 3 is 2.45 bits per heavy atom. The molecule has 0 aliphatic rings. The molecular weight excluding hydrogens is 166 g/mol. The lowest BCUT2D eigenvalue weighted by molar-refractivity contribution is 0.479. The van der Waals surface area contributed by atoms with Crippen molar-refractivity contribution >= 4 is 10.1 Å². The van der Waals surface area contributed by atoms with Crippen LogP contribution in [0.5, 0.6) is 0 Å². The highest BCUT2D eigenvalue weighted by Gasteiger charge is 2.09. The zero-order valence-corrected chi connectivity index (χ0v) is 6.67. The van der Waals surface area contributed by atoms with E-state index < -0.39 is 10.1 Å². The van der Waals surface area contributed by atoms with E-state index in [-0.39, 0.29) is 5.03 Å². The van der Waals surface area contributed by atoms with Crippen LogP contribution in [-0.2, 0) is 10.1 Å². The average molecular weight is 173 g/mol.